The van der Waals surface area contributed by atoms with Crippen molar-refractivity contribution in [3.05, 3.63) is 60.7 Å². The molecule has 0 spiro atoms. The Balaban J connectivity index is 1.58. The van der Waals surface area contributed by atoms with E-state index in [4.69, 9.17) is 14.2 Å². The molecular weight excluding hydrogens is 553 g/mol. The Labute approximate surface area is 249 Å². The number of para-hydroxylation sites is 1. The molecule has 0 saturated heterocycles. The maximum Gasteiger partial charge on any atom is 0.247 e. The fraction of sp³-hybridized carbons (Fsp3) is 0.323. The van der Waals surface area contributed by atoms with E-state index in [1.54, 1.807) is 20.3 Å². The summed E-state index contributed by atoms with van der Waals surface area (Å²) in [5, 5.41) is 6.85. The van der Waals surface area contributed by atoms with Crippen molar-refractivity contribution in [2.24, 2.45) is 0 Å². The molecule has 43 heavy (non-hydrogen) atoms. The van der Waals surface area contributed by atoms with Crippen molar-refractivity contribution >= 4 is 39.8 Å². The van der Waals surface area contributed by atoms with E-state index in [1.807, 2.05) is 50.3 Å². The molecule has 0 radical (unpaired) electrons. The first kappa shape index (κ1) is 29.8. The Morgan fingerprint density at radius 1 is 1.16 bits per heavy atom. The van der Waals surface area contributed by atoms with Gasteiger partial charge in [-0.3, -0.25) is 4.79 Å². The molecule has 4 aromatic rings. The molecule has 1 amide bonds. The van der Waals surface area contributed by atoms with Crippen LogP contribution in [0.4, 0.5) is 27.4 Å². The van der Waals surface area contributed by atoms with Gasteiger partial charge in [0.15, 0.2) is 5.82 Å². The predicted octanol–water partition coefficient (Wildman–Crippen LogP) is 4.65. The predicted molar refractivity (Wildman–Crippen MR) is 166 cm³/mol. The molecule has 5 rings (SSSR count). The Hall–Kier alpha value is -4.68. The normalized spacial score (nSPS) is 12.6. The third kappa shape index (κ3) is 5.97. The summed E-state index contributed by atoms with van der Waals surface area (Å²) in [5.74, 6) is 0.397. The van der Waals surface area contributed by atoms with E-state index in [1.165, 1.54) is 6.08 Å². The number of amides is 1. The Morgan fingerprint density at radius 3 is 2.67 bits per heavy atom. The molecule has 0 aliphatic carbocycles. The smallest absolute Gasteiger partial charge is 0.247 e. The zero-order valence-electron chi connectivity index (χ0n) is 25.0. The summed E-state index contributed by atoms with van der Waals surface area (Å²) in [5.41, 5.74) is 4.21. The number of hydrogen-bond donors (Lipinski definition) is 2. The van der Waals surface area contributed by atoms with Crippen LogP contribution in [0.1, 0.15) is 5.69 Å². The van der Waals surface area contributed by atoms with Gasteiger partial charge in [-0.1, -0.05) is 18.7 Å². The highest BCUT2D eigenvalue weighted by molar-refractivity contribution is 6.02. The van der Waals surface area contributed by atoms with Crippen LogP contribution in [0.3, 0.4) is 0 Å². The minimum absolute atomic E-state index is 0.134. The number of ether oxygens (including phenoxy) is 3. The van der Waals surface area contributed by atoms with E-state index in [9.17, 15) is 4.79 Å². The Kier molecular flexibility index (Phi) is 8.78. The van der Waals surface area contributed by atoms with E-state index < -0.39 is 5.82 Å². The van der Waals surface area contributed by atoms with Gasteiger partial charge in [0.2, 0.25) is 11.9 Å². The molecular formula is C31H36FN7O4. The van der Waals surface area contributed by atoms with Crippen LogP contribution >= 0.6 is 0 Å². The summed E-state index contributed by atoms with van der Waals surface area (Å²) in [6, 6.07) is 9.24. The van der Waals surface area contributed by atoms with E-state index in [-0.39, 0.29) is 17.5 Å². The summed E-state index contributed by atoms with van der Waals surface area (Å²) in [7, 11) is 9.09. The second kappa shape index (κ2) is 12.7. The lowest BCUT2D eigenvalue weighted by molar-refractivity contribution is -0.111. The van der Waals surface area contributed by atoms with E-state index in [0.29, 0.717) is 54.7 Å². The number of nitrogens with zero attached hydrogens (tertiary/aromatic N) is 5. The van der Waals surface area contributed by atoms with Crippen LogP contribution in [0.5, 0.6) is 11.5 Å². The van der Waals surface area contributed by atoms with Gasteiger partial charge in [0, 0.05) is 43.7 Å². The second-order valence-electron chi connectivity index (χ2n) is 10.4. The van der Waals surface area contributed by atoms with Crippen molar-refractivity contribution in [3.8, 4) is 22.8 Å². The quantitative estimate of drug-likeness (QED) is 0.242. The number of hydrogen-bond acceptors (Lipinski definition) is 9. The first-order valence-electron chi connectivity index (χ1n) is 13.8. The van der Waals surface area contributed by atoms with E-state index >= 15 is 4.39 Å². The van der Waals surface area contributed by atoms with Crippen molar-refractivity contribution in [1.29, 1.82) is 0 Å². The van der Waals surface area contributed by atoms with Gasteiger partial charge in [-0.25, -0.2) is 14.4 Å². The maximum absolute atomic E-state index is 15.5. The second-order valence-corrected chi connectivity index (χ2v) is 10.4. The summed E-state index contributed by atoms with van der Waals surface area (Å²) < 4.78 is 34.7. The van der Waals surface area contributed by atoms with Gasteiger partial charge < -0.3 is 39.2 Å². The number of likely N-dealkylation sites (N-methyl/N-ethyl adjacent to an activating group) is 2. The van der Waals surface area contributed by atoms with Crippen LogP contribution in [0.15, 0.2) is 49.2 Å². The molecule has 0 fully saturated rings. The molecule has 12 heteroatoms. The molecule has 3 heterocycles. The number of halogens is 1. The van der Waals surface area contributed by atoms with Crippen molar-refractivity contribution < 1.29 is 23.4 Å². The highest BCUT2D eigenvalue weighted by Gasteiger charge is 2.27. The van der Waals surface area contributed by atoms with Crippen LogP contribution in [-0.4, -0.2) is 80.4 Å². The lowest BCUT2D eigenvalue weighted by atomic mass is 10.1. The fourth-order valence-electron chi connectivity index (χ4n) is 5.21. The minimum atomic E-state index is -0.571. The maximum atomic E-state index is 15.5. The highest BCUT2D eigenvalue weighted by Crippen LogP contribution is 2.42. The number of anilines is 4. The number of carbonyl (C=O) groups excluding carboxylic acids is 1. The molecule has 2 aromatic carbocycles. The van der Waals surface area contributed by atoms with E-state index in [2.05, 4.69) is 36.6 Å². The standard InChI is InChI=1S/C31H36FN7O4/c1-7-27(40)34-21-15-22(26(42-6)16-23(21)38(4)12-11-37(2)3)35-31-33-17-20(32)29(36-31)28-19-9-8-10-25(41-5)30(19)39-13-14-43-18-24(28)39/h7-10,15-17H,1,11-14,18H2,2-6H3,(H,34,40)(H,33,35,36). The fourth-order valence-corrected chi connectivity index (χ4v) is 5.21. The monoisotopic (exact) mass is 589 g/mol. The average Bonchev–Trinajstić information content (AvgIpc) is 3.35. The third-order valence-corrected chi connectivity index (χ3v) is 7.35. The number of aromatic nitrogens is 3. The summed E-state index contributed by atoms with van der Waals surface area (Å²) in [4.78, 5) is 25.3. The molecule has 226 valence electrons. The molecule has 0 saturated carbocycles. The van der Waals surface area contributed by atoms with Gasteiger partial charge in [-0.2, -0.15) is 0 Å². The SMILES string of the molecule is C=CC(=O)Nc1cc(Nc2ncc(F)c(-c3c4n(c5c(OC)cccc35)CCOC4)n2)c(OC)cc1N(C)CCN(C)C. The highest BCUT2D eigenvalue weighted by atomic mass is 19.1. The molecule has 0 atom stereocenters. The average molecular weight is 590 g/mol. The van der Waals surface area contributed by atoms with Gasteiger partial charge in [0.05, 0.1) is 61.9 Å². The van der Waals surface area contributed by atoms with Gasteiger partial charge in [0.25, 0.3) is 0 Å². The first-order chi connectivity index (χ1) is 20.7. The van der Waals surface area contributed by atoms with Gasteiger partial charge in [0.1, 0.15) is 17.2 Å². The number of carbonyl (C=O) groups is 1. The van der Waals surface area contributed by atoms with Crippen LogP contribution in [0.25, 0.3) is 22.2 Å². The molecule has 2 aromatic heterocycles. The Morgan fingerprint density at radius 2 is 1.95 bits per heavy atom. The van der Waals surface area contributed by atoms with Crippen molar-refractivity contribution in [2.45, 2.75) is 13.2 Å². The van der Waals surface area contributed by atoms with Crippen LogP contribution < -0.4 is 25.0 Å². The number of rotatable bonds is 11. The Bertz CT molecular complexity index is 1670. The number of benzene rings is 2. The molecule has 1 aliphatic rings. The minimum Gasteiger partial charge on any atom is -0.495 e. The zero-order chi connectivity index (χ0) is 30.7. The zero-order valence-corrected chi connectivity index (χ0v) is 25.0. The largest absolute Gasteiger partial charge is 0.495 e. The van der Waals surface area contributed by atoms with Crippen molar-refractivity contribution in [1.82, 2.24) is 19.4 Å². The lowest BCUT2D eigenvalue weighted by Gasteiger charge is -2.26. The number of fused-ring (bicyclic) bond motifs is 3. The molecule has 0 bridgehead atoms. The molecule has 1 aliphatic heterocycles. The summed E-state index contributed by atoms with van der Waals surface area (Å²) in [6.45, 7) is 6.53. The van der Waals surface area contributed by atoms with Crippen LogP contribution in [-0.2, 0) is 22.7 Å². The van der Waals surface area contributed by atoms with Crippen molar-refractivity contribution in [2.75, 3.05) is 70.6 Å². The van der Waals surface area contributed by atoms with Crippen molar-refractivity contribution in [3.63, 3.8) is 0 Å². The third-order valence-electron chi connectivity index (χ3n) is 7.35. The number of methoxy groups -OCH3 is 2. The summed E-state index contributed by atoms with van der Waals surface area (Å²) in [6.07, 6.45) is 2.35. The topological polar surface area (TPSA) is 106 Å². The van der Waals surface area contributed by atoms with Crippen LogP contribution in [0, 0.1) is 5.82 Å². The summed E-state index contributed by atoms with van der Waals surface area (Å²) >= 11 is 0. The van der Waals surface area contributed by atoms with Gasteiger partial charge in [-0.15, -0.1) is 0 Å². The van der Waals surface area contributed by atoms with E-state index in [0.717, 1.165) is 35.0 Å². The number of nitrogens with one attached hydrogen (secondary N) is 2. The molecule has 11 nitrogen and oxygen atoms in total. The lowest BCUT2D eigenvalue weighted by Crippen LogP contribution is -2.29. The molecule has 0 unspecified atom stereocenters. The molecule has 2 N–H and O–H groups in total. The van der Waals surface area contributed by atoms with Gasteiger partial charge >= 0.3 is 0 Å². The van der Waals surface area contributed by atoms with Crippen LogP contribution in [0.2, 0.25) is 0 Å². The first-order valence-corrected chi connectivity index (χ1v) is 13.8. The van der Waals surface area contributed by atoms with Gasteiger partial charge in [-0.05, 0) is 32.3 Å².